The maximum Gasteiger partial charge on any atom is 0.260 e. The minimum Gasteiger partial charge on any atom is -0.484 e. The number of nitrogens with two attached hydrogens (primary N) is 1. The Morgan fingerprint density at radius 3 is 2.43 bits per heavy atom. The summed E-state index contributed by atoms with van der Waals surface area (Å²) in [5.74, 6) is 1.12. The van der Waals surface area contributed by atoms with Crippen LogP contribution >= 0.6 is 35.0 Å². The number of hydrogen-bond acceptors (Lipinski definition) is 3. The third kappa shape index (κ3) is 7.87. The van der Waals surface area contributed by atoms with Gasteiger partial charge in [0, 0.05) is 23.2 Å². The number of nitrogens with zero attached hydrogens (tertiary/aromatic N) is 1. The van der Waals surface area contributed by atoms with E-state index in [9.17, 15) is 4.79 Å². The Balaban J connectivity index is 0.00000400. The molecule has 0 saturated heterocycles. The molecule has 1 unspecified atom stereocenters. The van der Waals surface area contributed by atoms with Crippen molar-refractivity contribution in [3.63, 3.8) is 0 Å². The fourth-order valence-electron chi connectivity index (χ4n) is 1.59. The van der Waals surface area contributed by atoms with Crippen molar-refractivity contribution < 1.29 is 9.53 Å². The number of hydrogen-bond donors (Lipinski definition) is 1. The molecule has 0 bridgehead atoms. The highest BCUT2D eigenvalue weighted by atomic mass is 127. The maximum absolute atomic E-state index is 11.9. The molecule has 0 spiro atoms. The Hall–Kier alpha value is -0.530. The number of ether oxygens (including phenoxy) is 1. The summed E-state index contributed by atoms with van der Waals surface area (Å²) in [6.45, 7) is 4.90. The lowest BCUT2D eigenvalue weighted by Crippen LogP contribution is -2.36. The van der Waals surface area contributed by atoms with Gasteiger partial charge in [-0.25, -0.2) is 0 Å². The second-order valence-corrected chi connectivity index (χ2v) is 6.50. The normalized spacial score (nSPS) is 11.7. The second-order valence-electron chi connectivity index (χ2n) is 5.25. The minimum atomic E-state index is -0.0282. The lowest BCUT2D eigenvalue weighted by molar-refractivity contribution is -0.132. The van der Waals surface area contributed by atoms with Crippen LogP contribution in [0, 0.1) is 9.49 Å². The standard InChI is InChI=1S/C15H23IN2O2.ClH/c1-11(2)14(17)8-9-18(3)15(19)10-20-13-6-4-12(16)5-7-13;/h4-7,11,14H,8-10,17H2,1-3H3;1H. The molecule has 21 heavy (non-hydrogen) atoms. The number of benzene rings is 1. The van der Waals surface area contributed by atoms with E-state index in [0.29, 0.717) is 18.2 Å². The smallest absolute Gasteiger partial charge is 0.260 e. The van der Waals surface area contributed by atoms with Crippen LogP contribution in [0.15, 0.2) is 24.3 Å². The average Bonchev–Trinajstić information content (AvgIpc) is 2.43. The number of carbonyl (C=O) groups excluding carboxylic acids is 1. The molecule has 0 aliphatic rings. The molecule has 6 heteroatoms. The number of carbonyl (C=O) groups is 1. The monoisotopic (exact) mass is 426 g/mol. The Morgan fingerprint density at radius 1 is 1.33 bits per heavy atom. The largest absolute Gasteiger partial charge is 0.484 e. The van der Waals surface area contributed by atoms with Crippen molar-refractivity contribution in [2.24, 2.45) is 11.7 Å². The van der Waals surface area contributed by atoms with E-state index in [1.807, 2.05) is 24.3 Å². The van der Waals surface area contributed by atoms with Crippen LogP contribution in [0.1, 0.15) is 20.3 Å². The zero-order valence-electron chi connectivity index (χ0n) is 12.7. The van der Waals surface area contributed by atoms with Crippen molar-refractivity contribution in [3.05, 3.63) is 27.8 Å². The van der Waals surface area contributed by atoms with E-state index in [2.05, 4.69) is 36.4 Å². The van der Waals surface area contributed by atoms with E-state index in [0.717, 1.165) is 9.99 Å². The van der Waals surface area contributed by atoms with Gasteiger partial charge >= 0.3 is 0 Å². The van der Waals surface area contributed by atoms with Crippen LogP contribution in [0.3, 0.4) is 0 Å². The lowest BCUT2D eigenvalue weighted by Gasteiger charge is -2.21. The van der Waals surface area contributed by atoms with Crippen LogP contribution in [0.4, 0.5) is 0 Å². The molecule has 4 nitrogen and oxygen atoms in total. The van der Waals surface area contributed by atoms with E-state index < -0.39 is 0 Å². The average molecular weight is 427 g/mol. The SMILES string of the molecule is CC(C)C(N)CCN(C)C(=O)COc1ccc(I)cc1.Cl. The minimum absolute atomic E-state index is 0. The van der Waals surface area contributed by atoms with Gasteiger partial charge in [0.15, 0.2) is 6.61 Å². The first-order valence-electron chi connectivity index (χ1n) is 6.78. The zero-order chi connectivity index (χ0) is 15.1. The number of amides is 1. The molecule has 0 saturated carbocycles. The topological polar surface area (TPSA) is 55.6 Å². The molecule has 0 aliphatic heterocycles. The summed E-state index contributed by atoms with van der Waals surface area (Å²) in [6, 6.07) is 7.76. The third-order valence-corrected chi connectivity index (χ3v) is 3.98. The summed E-state index contributed by atoms with van der Waals surface area (Å²) >= 11 is 2.23. The third-order valence-electron chi connectivity index (χ3n) is 3.26. The molecule has 1 aromatic rings. The number of likely N-dealkylation sites (N-methyl/N-ethyl adjacent to an activating group) is 1. The van der Waals surface area contributed by atoms with Crippen LogP contribution in [-0.2, 0) is 4.79 Å². The predicted molar refractivity (Wildman–Crippen MR) is 97.0 cm³/mol. The summed E-state index contributed by atoms with van der Waals surface area (Å²) in [7, 11) is 1.78. The first-order chi connectivity index (χ1) is 9.40. The molecule has 1 amide bonds. The predicted octanol–water partition coefficient (Wildman–Crippen LogP) is 2.92. The molecular weight excluding hydrogens is 403 g/mol. The number of halogens is 2. The van der Waals surface area contributed by atoms with Gasteiger partial charge in [-0.3, -0.25) is 4.79 Å². The Bertz CT molecular complexity index is 426. The van der Waals surface area contributed by atoms with Gasteiger partial charge in [-0.1, -0.05) is 13.8 Å². The van der Waals surface area contributed by atoms with E-state index in [4.69, 9.17) is 10.5 Å². The molecule has 120 valence electrons. The van der Waals surface area contributed by atoms with Gasteiger partial charge in [-0.15, -0.1) is 12.4 Å². The van der Waals surface area contributed by atoms with Gasteiger partial charge in [0.25, 0.3) is 5.91 Å². The molecule has 2 N–H and O–H groups in total. The molecule has 0 aliphatic carbocycles. The van der Waals surface area contributed by atoms with Gasteiger partial charge in [0.05, 0.1) is 0 Å². The van der Waals surface area contributed by atoms with Crippen LogP contribution in [0.2, 0.25) is 0 Å². The fraction of sp³-hybridized carbons (Fsp3) is 0.533. The molecule has 0 radical (unpaired) electrons. The summed E-state index contributed by atoms with van der Waals surface area (Å²) < 4.78 is 6.61. The van der Waals surface area contributed by atoms with E-state index in [-0.39, 0.29) is 31.0 Å². The first-order valence-corrected chi connectivity index (χ1v) is 7.86. The summed E-state index contributed by atoms with van der Waals surface area (Å²) in [5.41, 5.74) is 5.97. The molecular formula is C15H24ClIN2O2. The first kappa shape index (κ1) is 20.5. The molecule has 0 fully saturated rings. The van der Waals surface area contributed by atoms with E-state index in [1.54, 1.807) is 11.9 Å². The highest BCUT2D eigenvalue weighted by Gasteiger charge is 2.13. The number of rotatable bonds is 7. The van der Waals surface area contributed by atoms with Gasteiger partial charge in [-0.05, 0) is 59.2 Å². The lowest BCUT2D eigenvalue weighted by atomic mass is 10.0. The van der Waals surface area contributed by atoms with Gasteiger partial charge in [0.1, 0.15) is 5.75 Å². The van der Waals surface area contributed by atoms with Gasteiger partial charge in [-0.2, -0.15) is 0 Å². The molecule has 1 rings (SSSR count). The van der Waals surface area contributed by atoms with E-state index in [1.165, 1.54) is 0 Å². The van der Waals surface area contributed by atoms with Crippen LogP contribution in [0.5, 0.6) is 5.75 Å². The summed E-state index contributed by atoms with van der Waals surface area (Å²) in [4.78, 5) is 13.6. The van der Waals surface area contributed by atoms with Crippen molar-refractivity contribution in [1.29, 1.82) is 0 Å². The quantitative estimate of drug-likeness (QED) is 0.682. The summed E-state index contributed by atoms with van der Waals surface area (Å²) in [5, 5.41) is 0. The highest BCUT2D eigenvalue weighted by Crippen LogP contribution is 2.13. The van der Waals surface area contributed by atoms with Crippen molar-refractivity contribution in [1.82, 2.24) is 4.90 Å². The second kappa shape index (κ2) is 10.2. The molecule has 1 atom stereocenters. The summed E-state index contributed by atoms with van der Waals surface area (Å²) in [6.07, 6.45) is 0.809. The Morgan fingerprint density at radius 2 is 1.90 bits per heavy atom. The van der Waals surface area contributed by atoms with Crippen molar-refractivity contribution in [2.45, 2.75) is 26.3 Å². The van der Waals surface area contributed by atoms with E-state index >= 15 is 0 Å². The van der Waals surface area contributed by atoms with Gasteiger partial charge < -0.3 is 15.4 Å². The highest BCUT2D eigenvalue weighted by molar-refractivity contribution is 14.1. The van der Waals surface area contributed by atoms with Crippen LogP contribution in [-0.4, -0.2) is 37.0 Å². The Kier molecular flexibility index (Phi) is 9.98. The molecule has 0 heterocycles. The van der Waals surface area contributed by atoms with Crippen molar-refractivity contribution in [2.75, 3.05) is 20.2 Å². The van der Waals surface area contributed by atoms with Gasteiger partial charge in [0.2, 0.25) is 0 Å². The fourth-order valence-corrected chi connectivity index (χ4v) is 1.95. The Labute approximate surface area is 147 Å². The van der Waals surface area contributed by atoms with Crippen LogP contribution in [0.25, 0.3) is 0 Å². The molecule has 0 aromatic heterocycles. The maximum atomic E-state index is 11.9. The zero-order valence-corrected chi connectivity index (χ0v) is 15.7. The van der Waals surface area contributed by atoms with Crippen LogP contribution < -0.4 is 10.5 Å². The van der Waals surface area contributed by atoms with Crippen molar-refractivity contribution in [3.8, 4) is 5.75 Å². The molecule has 1 aromatic carbocycles. The van der Waals surface area contributed by atoms with Crippen molar-refractivity contribution >= 4 is 40.9 Å².